The van der Waals surface area contributed by atoms with Crippen molar-refractivity contribution in [3.05, 3.63) is 65.0 Å². The van der Waals surface area contributed by atoms with Crippen molar-refractivity contribution in [2.45, 2.75) is 18.6 Å². The van der Waals surface area contributed by atoms with E-state index in [9.17, 15) is 35.9 Å². The Morgan fingerprint density at radius 2 is 1.71 bits per heavy atom. The number of hydrogen-bond donors (Lipinski definition) is 2. The van der Waals surface area contributed by atoms with Crippen molar-refractivity contribution in [2.24, 2.45) is 0 Å². The highest BCUT2D eigenvalue weighted by Crippen LogP contribution is 2.33. The number of alkyl halides is 5. The van der Waals surface area contributed by atoms with E-state index in [0.717, 1.165) is 40.1 Å². The zero-order valence-electron chi connectivity index (χ0n) is 15.6. The minimum absolute atomic E-state index is 0.0650. The quantitative estimate of drug-likeness (QED) is 0.422. The third-order valence-corrected chi connectivity index (χ3v) is 4.60. The van der Waals surface area contributed by atoms with Crippen molar-refractivity contribution in [2.75, 3.05) is 18.0 Å². The molecule has 0 spiro atoms. The molecule has 1 saturated heterocycles. The SMILES string of the molecule is O=C(NO)c1ccc(CN(C(=O)N2CC(F)(F)C2)c2ccc(C(F)(F)F)cc2)c(F)c1. The average Bonchev–Trinajstić information content (AvgIpc) is 2.69. The van der Waals surface area contributed by atoms with Gasteiger partial charge < -0.3 is 4.90 Å². The van der Waals surface area contributed by atoms with Crippen LogP contribution in [-0.2, 0) is 12.7 Å². The lowest BCUT2D eigenvalue weighted by Crippen LogP contribution is -2.61. The Balaban J connectivity index is 1.91. The highest BCUT2D eigenvalue weighted by Gasteiger charge is 2.47. The Morgan fingerprint density at radius 3 is 2.19 bits per heavy atom. The maximum Gasteiger partial charge on any atom is 0.416 e. The molecular formula is C19H15F6N3O3. The number of urea groups is 1. The molecule has 0 atom stereocenters. The number of amides is 3. The third kappa shape index (κ3) is 4.90. The van der Waals surface area contributed by atoms with E-state index in [1.807, 2.05) is 0 Å². The molecule has 31 heavy (non-hydrogen) atoms. The summed E-state index contributed by atoms with van der Waals surface area (Å²) in [5, 5.41) is 8.61. The Morgan fingerprint density at radius 1 is 1.10 bits per heavy atom. The van der Waals surface area contributed by atoms with Crippen molar-refractivity contribution < 1.29 is 41.1 Å². The van der Waals surface area contributed by atoms with E-state index in [2.05, 4.69) is 0 Å². The number of nitrogens with zero attached hydrogens (tertiary/aromatic N) is 2. The number of hydroxylamine groups is 1. The Bertz CT molecular complexity index is 986. The second kappa shape index (κ2) is 8.10. The fourth-order valence-electron chi connectivity index (χ4n) is 2.97. The Hall–Kier alpha value is -3.28. The standard InChI is InChI=1S/C19H15F6N3O3/c20-15-7-11(16(29)26-31)1-2-12(15)8-28(17(30)27-9-18(21,22)10-27)14-5-3-13(4-6-14)19(23,24)25/h1-7,31H,8-10H2,(H,26,29). The van der Waals surface area contributed by atoms with Crippen molar-refractivity contribution in [3.8, 4) is 0 Å². The van der Waals surface area contributed by atoms with Gasteiger partial charge in [-0.05, 0) is 36.4 Å². The van der Waals surface area contributed by atoms with E-state index in [1.54, 1.807) is 0 Å². The molecule has 0 aliphatic carbocycles. The lowest BCUT2D eigenvalue weighted by molar-refractivity contribution is -0.137. The number of hydrogen-bond acceptors (Lipinski definition) is 3. The molecule has 6 nitrogen and oxygen atoms in total. The number of anilines is 1. The number of benzene rings is 2. The predicted molar refractivity (Wildman–Crippen MR) is 95.2 cm³/mol. The van der Waals surface area contributed by atoms with Gasteiger partial charge in [-0.15, -0.1) is 0 Å². The highest BCUT2D eigenvalue weighted by molar-refractivity contribution is 5.94. The molecule has 2 aromatic rings. The van der Waals surface area contributed by atoms with Crippen molar-refractivity contribution in [1.29, 1.82) is 0 Å². The van der Waals surface area contributed by atoms with Crippen LogP contribution in [0.3, 0.4) is 0 Å². The first-order valence-corrected chi connectivity index (χ1v) is 8.76. The molecule has 3 rings (SSSR count). The second-order valence-electron chi connectivity index (χ2n) is 6.87. The largest absolute Gasteiger partial charge is 0.416 e. The van der Waals surface area contributed by atoms with Crippen molar-refractivity contribution in [1.82, 2.24) is 10.4 Å². The van der Waals surface area contributed by atoms with Gasteiger partial charge in [-0.25, -0.2) is 23.4 Å². The van der Waals surface area contributed by atoms with E-state index >= 15 is 0 Å². The Labute approximate surface area is 171 Å². The normalized spacial score (nSPS) is 15.3. The fourth-order valence-corrected chi connectivity index (χ4v) is 2.97. The number of rotatable bonds is 4. The van der Waals surface area contributed by atoms with Gasteiger partial charge in [0.2, 0.25) is 0 Å². The molecule has 166 valence electrons. The van der Waals surface area contributed by atoms with Gasteiger partial charge >= 0.3 is 12.2 Å². The number of carbonyl (C=O) groups excluding carboxylic acids is 2. The predicted octanol–water partition coefficient (Wildman–Crippen LogP) is 4.04. The molecule has 0 unspecified atom stereocenters. The molecule has 0 saturated carbocycles. The zero-order chi connectivity index (χ0) is 23.0. The van der Waals surface area contributed by atoms with Crippen molar-refractivity contribution in [3.63, 3.8) is 0 Å². The van der Waals surface area contributed by atoms with E-state index in [-0.39, 0.29) is 16.8 Å². The molecule has 1 fully saturated rings. The first-order valence-electron chi connectivity index (χ1n) is 8.76. The molecular weight excluding hydrogens is 432 g/mol. The summed E-state index contributed by atoms with van der Waals surface area (Å²) in [7, 11) is 0. The molecule has 0 bridgehead atoms. The van der Waals surface area contributed by atoms with Gasteiger partial charge in [0.25, 0.3) is 11.8 Å². The lowest BCUT2D eigenvalue weighted by Gasteiger charge is -2.41. The van der Waals surface area contributed by atoms with Crippen LogP contribution >= 0.6 is 0 Å². The molecule has 1 heterocycles. The van der Waals surface area contributed by atoms with Gasteiger partial charge in [-0.1, -0.05) is 6.07 Å². The maximum atomic E-state index is 14.4. The molecule has 2 N–H and O–H groups in total. The smallest absolute Gasteiger partial charge is 0.312 e. The van der Waals surface area contributed by atoms with E-state index < -0.39 is 55.1 Å². The highest BCUT2D eigenvalue weighted by atomic mass is 19.4. The molecule has 12 heteroatoms. The summed E-state index contributed by atoms with van der Waals surface area (Å²) in [6.07, 6.45) is -4.62. The van der Waals surface area contributed by atoms with E-state index in [0.29, 0.717) is 12.1 Å². The number of nitrogens with one attached hydrogen (secondary N) is 1. The van der Waals surface area contributed by atoms with E-state index in [4.69, 9.17) is 5.21 Å². The summed E-state index contributed by atoms with van der Waals surface area (Å²) in [6, 6.07) is 5.51. The van der Waals surface area contributed by atoms with Crippen LogP contribution in [0, 0.1) is 5.82 Å². The summed E-state index contributed by atoms with van der Waals surface area (Å²) in [5.74, 6) is -5.00. The molecule has 1 aliphatic heterocycles. The van der Waals surface area contributed by atoms with Crippen LogP contribution in [-0.4, -0.2) is 41.1 Å². The first kappa shape index (κ1) is 22.4. The minimum atomic E-state index is -4.62. The average molecular weight is 447 g/mol. The molecule has 0 radical (unpaired) electrons. The van der Waals surface area contributed by atoms with Gasteiger partial charge in [0, 0.05) is 16.8 Å². The third-order valence-electron chi connectivity index (χ3n) is 4.60. The van der Waals surface area contributed by atoms with Gasteiger partial charge in [0.05, 0.1) is 25.2 Å². The lowest BCUT2D eigenvalue weighted by atomic mass is 10.1. The summed E-state index contributed by atoms with van der Waals surface area (Å²) in [4.78, 5) is 25.7. The monoisotopic (exact) mass is 447 g/mol. The number of likely N-dealkylation sites (tertiary alicyclic amines) is 1. The topological polar surface area (TPSA) is 72.9 Å². The van der Waals surface area contributed by atoms with Crippen LogP contribution in [0.2, 0.25) is 0 Å². The fraction of sp³-hybridized carbons (Fsp3) is 0.263. The first-order chi connectivity index (χ1) is 14.4. The maximum absolute atomic E-state index is 14.4. The van der Waals surface area contributed by atoms with Crippen LogP contribution < -0.4 is 10.4 Å². The molecule has 0 aromatic heterocycles. The molecule has 1 aliphatic rings. The van der Waals surface area contributed by atoms with Crippen LogP contribution in [0.5, 0.6) is 0 Å². The van der Waals surface area contributed by atoms with Gasteiger partial charge in [0.1, 0.15) is 5.82 Å². The van der Waals surface area contributed by atoms with Gasteiger partial charge in [-0.3, -0.25) is 14.9 Å². The molecule has 3 amide bonds. The summed E-state index contributed by atoms with van der Waals surface area (Å²) in [6.45, 7) is -2.25. The van der Waals surface area contributed by atoms with Crippen LogP contribution in [0.15, 0.2) is 42.5 Å². The zero-order valence-corrected chi connectivity index (χ0v) is 15.6. The van der Waals surface area contributed by atoms with Crippen LogP contribution in [0.25, 0.3) is 0 Å². The molecule has 2 aromatic carbocycles. The van der Waals surface area contributed by atoms with Gasteiger partial charge in [-0.2, -0.15) is 13.2 Å². The van der Waals surface area contributed by atoms with Crippen molar-refractivity contribution >= 4 is 17.6 Å². The summed E-state index contributed by atoms with van der Waals surface area (Å²) in [5.41, 5.74) is -0.0717. The summed E-state index contributed by atoms with van der Waals surface area (Å²) < 4.78 is 79.3. The minimum Gasteiger partial charge on any atom is -0.312 e. The van der Waals surface area contributed by atoms with E-state index in [1.165, 1.54) is 5.48 Å². The number of halogens is 6. The second-order valence-corrected chi connectivity index (χ2v) is 6.87. The number of carbonyl (C=O) groups is 2. The van der Waals surface area contributed by atoms with Crippen LogP contribution in [0.4, 0.5) is 36.8 Å². The Kier molecular flexibility index (Phi) is 5.85. The van der Waals surface area contributed by atoms with Gasteiger partial charge in [0.15, 0.2) is 0 Å². The van der Waals surface area contributed by atoms with Crippen LogP contribution in [0.1, 0.15) is 21.5 Å². The summed E-state index contributed by atoms with van der Waals surface area (Å²) >= 11 is 0.